The minimum atomic E-state index is -2.78. The van der Waals surface area contributed by atoms with Crippen LogP contribution in [0.15, 0.2) is 10.8 Å². The van der Waals surface area contributed by atoms with E-state index in [4.69, 9.17) is 19.0 Å². The summed E-state index contributed by atoms with van der Waals surface area (Å²) in [6.07, 6.45) is 1.81. The van der Waals surface area contributed by atoms with Crippen LogP contribution >= 0.6 is 0 Å². The highest BCUT2D eigenvalue weighted by atomic mass is 28.4. The van der Waals surface area contributed by atoms with Crippen molar-refractivity contribution in [3.63, 3.8) is 0 Å². The summed E-state index contributed by atoms with van der Waals surface area (Å²) < 4.78 is 18.0. The lowest BCUT2D eigenvalue weighted by Crippen LogP contribution is -2.49. The van der Waals surface area contributed by atoms with Gasteiger partial charge in [0.2, 0.25) is 0 Å². The Morgan fingerprint density at radius 2 is 1.45 bits per heavy atom. The van der Waals surface area contributed by atoms with Gasteiger partial charge in [0.25, 0.3) is 0 Å². The molecule has 0 amide bonds. The van der Waals surface area contributed by atoms with E-state index in [1.807, 2.05) is 20.8 Å². The van der Waals surface area contributed by atoms with Crippen molar-refractivity contribution in [1.29, 1.82) is 0 Å². The first-order valence-corrected chi connectivity index (χ1v) is 9.50. The Balaban J connectivity index is 5.58. The second-order valence-electron chi connectivity index (χ2n) is 5.25. The maximum Gasteiger partial charge on any atom is 0.532 e. The maximum atomic E-state index is 6.01. The molecule has 0 radical (unpaired) electrons. The highest BCUT2D eigenvalue weighted by Crippen LogP contribution is 2.28. The van der Waals surface area contributed by atoms with Crippen molar-refractivity contribution in [3.05, 3.63) is 10.8 Å². The normalized spacial score (nSPS) is 13.8. The molecule has 0 atom stereocenters. The van der Waals surface area contributed by atoms with Gasteiger partial charge in [0, 0.05) is 25.0 Å². The zero-order valence-electron chi connectivity index (χ0n) is 14.1. The molecule has 5 heteroatoms. The summed E-state index contributed by atoms with van der Waals surface area (Å²) in [5, 5.41) is 1.18. The molecular formula is C15H33NO3Si. The average molecular weight is 304 g/mol. The molecule has 120 valence electrons. The third kappa shape index (κ3) is 6.05. The SMILES string of the molecule is CCO[Si](OCC)(OCC)C(CCN)=C(C)CC(C)C. The van der Waals surface area contributed by atoms with E-state index >= 15 is 0 Å². The van der Waals surface area contributed by atoms with E-state index in [2.05, 4.69) is 20.8 Å². The van der Waals surface area contributed by atoms with Crippen molar-refractivity contribution in [3.8, 4) is 0 Å². The van der Waals surface area contributed by atoms with Crippen LogP contribution in [0.4, 0.5) is 0 Å². The van der Waals surface area contributed by atoms with Gasteiger partial charge in [-0.15, -0.1) is 0 Å². The van der Waals surface area contributed by atoms with Crippen molar-refractivity contribution in [2.24, 2.45) is 11.7 Å². The molecule has 0 aromatic carbocycles. The lowest BCUT2D eigenvalue weighted by Gasteiger charge is -2.32. The fourth-order valence-electron chi connectivity index (χ4n) is 2.46. The molecule has 20 heavy (non-hydrogen) atoms. The van der Waals surface area contributed by atoms with Crippen molar-refractivity contribution in [2.75, 3.05) is 26.4 Å². The van der Waals surface area contributed by atoms with Crippen LogP contribution in [-0.4, -0.2) is 35.2 Å². The van der Waals surface area contributed by atoms with E-state index in [0.29, 0.717) is 32.3 Å². The fraction of sp³-hybridized carbons (Fsp3) is 0.867. The van der Waals surface area contributed by atoms with E-state index in [1.54, 1.807) is 0 Å². The number of nitrogens with two attached hydrogens (primary N) is 1. The van der Waals surface area contributed by atoms with Gasteiger partial charge in [0.05, 0.1) is 0 Å². The lowest BCUT2D eigenvalue weighted by molar-refractivity contribution is 0.0794. The van der Waals surface area contributed by atoms with Crippen LogP contribution in [0.5, 0.6) is 0 Å². The first-order chi connectivity index (χ1) is 9.47. The third-order valence-corrected chi connectivity index (χ3v) is 6.42. The van der Waals surface area contributed by atoms with Crippen LogP contribution in [-0.2, 0) is 13.3 Å². The van der Waals surface area contributed by atoms with Crippen molar-refractivity contribution in [2.45, 2.75) is 54.4 Å². The van der Waals surface area contributed by atoms with E-state index in [1.165, 1.54) is 10.8 Å². The molecule has 4 nitrogen and oxygen atoms in total. The van der Waals surface area contributed by atoms with E-state index in [0.717, 1.165) is 12.8 Å². The Bertz CT molecular complexity index is 276. The summed E-state index contributed by atoms with van der Waals surface area (Å²) in [7, 11) is -2.78. The van der Waals surface area contributed by atoms with Crippen LogP contribution < -0.4 is 5.73 Å². The summed E-state index contributed by atoms with van der Waals surface area (Å²) in [5.74, 6) is 0.597. The standard InChI is InChI=1S/C15H33NO3Si/c1-7-17-20(18-8-2,19-9-3)15(10-11-16)14(6)12-13(4)5/h13H,7-12,16H2,1-6H3. The Kier molecular flexibility index (Phi) is 10.4. The Labute approximate surface area is 126 Å². The molecule has 0 bridgehead atoms. The summed E-state index contributed by atoms with van der Waals surface area (Å²) in [6, 6.07) is 0. The van der Waals surface area contributed by atoms with Gasteiger partial charge in [-0.25, -0.2) is 0 Å². The zero-order chi connectivity index (χ0) is 15.6. The molecule has 2 N–H and O–H groups in total. The first kappa shape index (κ1) is 19.8. The fourth-order valence-corrected chi connectivity index (χ4v) is 5.45. The summed E-state index contributed by atoms with van der Waals surface area (Å²) in [5.41, 5.74) is 7.12. The Morgan fingerprint density at radius 1 is 1.00 bits per heavy atom. The highest BCUT2D eigenvalue weighted by molar-refractivity contribution is 6.69. The number of hydrogen-bond donors (Lipinski definition) is 1. The largest absolute Gasteiger partial charge is 0.532 e. The van der Waals surface area contributed by atoms with Crippen LogP contribution in [0.1, 0.15) is 54.4 Å². The van der Waals surface area contributed by atoms with Gasteiger partial charge in [-0.05, 0) is 53.0 Å². The molecule has 0 aliphatic carbocycles. The molecule has 0 aromatic rings. The Morgan fingerprint density at radius 3 is 1.75 bits per heavy atom. The van der Waals surface area contributed by atoms with E-state index in [9.17, 15) is 0 Å². The highest BCUT2D eigenvalue weighted by Gasteiger charge is 2.45. The summed E-state index contributed by atoms with van der Waals surface area (Å²) >= 11 is 0. The monoisotopic (exact) mass is 303 g/mol. The average Bonchev–Trinajstić information content (AvgIpc) is 2.35. The molecule has 0 unspecified atom stereocenters. The molecule has 0 rings (SSSR count). The summed E-state index contributed by atoms with van der Waals surface area (Å²) in [6.45, 7) is 14.9. The molecule has 0 spiro atoms. The van der Waals surface area contributed by atoms with Crippen LogP contribution in [0.3, 0.4) is 0 Å². The lowest BCUT2D eigenvalue weighted by atomic mass is 10.0. The molecule has 0 heterocycles. The van der Waals surface area contributed by atoms with Crippen LogP contribution in [0.2, 0.25) is 0 Å². The number of allylic oxidation sites excluding steroid dienone is 1. The zero-order valence-corrected chi connectivity index (χ0v) is 15.1. The molecule has 0 saturated heterocycles. The minimum Gasteiger partial charge on any atom is -0.370 e. The quantitative estimate of drug-likeness (QED) is 0.595. The summed E-state index contributed by atoms with van der Waals surface area (Å²) in [4.78, 5) is 0. The Hall–Kier alpha value is -0.203. The van der Waals surface area contributed by atoms with Crippen molar-refractivity contribution < 1.29 is 13.3 Å². The molecule has 0 aromatic heterocycles. The van der Waals surface area contributed by atoms with Gasteiger partial charge in [-0.2, -0.15) is 0 Å². The van der Waals surface area contributed by atoms with Crippen LogP contribution in [0.25, 0.3) is 0 Å². The van der Waals surface area contributed by atoms with E-state index < -0.39 is 8.80 Å². The van der Waals surface area contributed by atoms with Gasteiger partial charge in [-0.1, -0.05) is 19.4 Å². The maximum absolute atomic E-state index is 6.01. The van der Waals surface area contributed by atoms with Gasteiger partial charge in [-0.3, -0.25) is 0 Å². The number of rotatable bonds is 11. The third-order valence-electron chi connectivity index (χ3n) is 3.00. The molecule has 0 aliphatic rings. The van der Waals surface area contributed by atoms with E-state index in [-0.39, 0.29) is 0 Å². The van der Waals surface area contributed by atoms with Crippen LogP contribution in [0, 0.1) is 5.92 Å². The topological polar surface area (TPSA) is 53.7 Å². The first-order valence-electron chi connectivity index (χ1n) is 7.78. The van der Waals surface area contributed by atoms with Crippen molar-refractivity contribution in [1.82, 2.24) is 0 Å². The van der Waals surface area contributed by atoms with Gasteiger partial charge >= 0.3 is 8.80 Å². The number of hydrogen-bond acceptors (Lipinski definition) is 4. The second kappa shape index (κ2) is 10.5. The molecule has 0 saturated carbocycles. The predicted molar refractivity (Wildman–Crippen MR) is 86.5 cm³/mol. The minimum absolute atomic E-state index is 0.590. The molecule has 0 fully saturated rings. The van der Waals surface area contributed by atoms with Gasteiger partial charge < -0.3 is 19.0 Å². The molecular weight excluding hydrogens is 270 g/mol. The van der Waals surface area contributed by atoms with Gasteiger partial charge in [0.1, 0.15) is 0 Å². The second-order valence-corrected chi connectivity index (χ2v) is 7.83. The molecule has 0 aliphatic heterocycles. The van der Waals surface area contributed by atoms with Crippen molar-refractivity contribution >= 4 is 8.80 Å². The predicted octanol–water partition coefficient (Wildman–Crippen LogP) is 3.29. The van der Waals surface area contributed by atoms with Gasteiger partial charge in [0.15, 0.2) is 0 Å². The smallest absolute Gasteiger partial charge is 0.370 e.